The number of aliphatic hydroxyl groups is 1. The average Bonchev–Trinajstić information content (AvgIpc) is 2.64. The van der Waals surface area contributed by atoms with E-state index in [2.05, 4.69) is 22.1 Å². The lowest BCUT2D eigenvalue weighted by Gasteiger charge is -2.40. The molecule has 1 aliphatic rings. The molecule has 2 heterocycles. The molecule has 3 aromatic rings. The first-order chi connectivity index (χ1) is 13.0. The Morgan fingerprint density at radius 2 is 2.00 bits per heavy atom. The van der Waals surface area contributed by atoms with Gasteiger partial charge in [-0.1, -0.05) is 31.2 Å². The summed E-state index contributed by atoms with van der Waals surface area (Å²) < 4.78 is 13.5. The van der Waals surface area contributed by atoms with E-state index in [4.69, 9.17) is 5.73 Å². The molecule has 0 aliphatic carbocycles. The van der Waals surface area contributed by atoms with Crippen LogP contribution in [0.1, 0.15) is 18.7 Å². The van der Waals surface area contributed by atoms with Crippen LogP contribution in [0.5, 0.6) is 0 Å². The van der Waals surface area contributed by atoms with Crippen LogP contribution >= 0.6 is 0 Å². The van der Waals surface area contributed by atoms with E-state index in [-0.39, 0.29) is 11.9 Å². The first kappa shape index (κ1) is 17.9. The second-order valence-electron chi connectivity index (χ2n) is 6.99. The number of hydrogen-bond acceptors (Lipinski definition) is 5. The van der Waals surface area contributed by atoms with Gasteiger partial charge in [0.15, 0.2) is 0 Å². The van der Waals surface area contributed by atoms with E-state index in [1.165, 1.54) is 12.1 Å². The third kappa shape index (κ3) is 3.51. The van der Waals surface area contributed by atoms with Crippen molar-refractivity contribution in [2.24, 2.45) is 0 Å². The molecular weight excluding hydrogens is 343 g/mol. The molecule has 1 unspecified atom stereocenters. The van der Waals surface area contributed by atoms with Gasteiger partial charge in [-0.05, 0) is 41.3 Å². The summed E-state index contributed by atoms with van der Waals surface area (Å²) in [4.78, 5) is 6.56. The highest BCUT2D eigenvalue weighted by molar-refractivity contribution is 5.96. The number of rotatable bonds is 5. The quantitative estimate of drug-likeness (QED) is 0.606. The number of anilines is 1. The number of halogens is 1. The lowest BCUT2D eigenvalue weighted by atomic mass is 9.98. The van der Waals surface area contributed by atoms with Crippen LogP contribution in [0.4, 0.5) is 10.2 Å². The molecular formula is C21H23FN4O. The van der Waals surface area contributed by atoms with E-state index in [9.17, 15) is 9.50 Å². The monoisotopic (exact) mass is 366 g/mol. The minimum Gasteiger partial charge on any atom is -0.383 e. The highest BCUT2D eigenvalue weighted by atomic mass is 19.1. The summed E-state index contributed by atoms with van der Waals surface area (Å²) >= 11 is 0. The van der Waals surface area contributed by atoms with Crippen molar-refractivity contribution >= 4 is 16.6 Å². The molecule has 0 bridgehead atoms. The minimum absolute atomic E-state index is 0.263. The molecule has 140 valence electrons. The van der Waals surface area contributed by atoms with Gasteiger partial charge in [0.2, 0.25) is 0 Å². The van der Waals surface area contributed by atoms with Crippen molar-refractivity contribution in [3.8, 4) is 11.1 Å². The van der Waals surface area contributed by atoms with Crippen molar-refractivity contribution in [1.82, 2.24) is 15.2 Å². The summed E-state index contributed by atoms with van der Waals surface area (Å²) in [7, 11) is 0. The Bertz CT molecular complexity index is 972. The van der Waals surface area contributed by atoms with Gasteiger partial charge >= 0.3 is 0 Å². The van der Waals surface area contributed by atoms with E-state index in [0.717, 1.165) is 41.5 Å². The smallest absolute Gasteiger partial charge is 0.133 e. The zero-order valence-corrected chi connectivity index (χ0v) is 15.2. The third-order valence-corrected chi connectivity index (χ3v) is 5.20. The van der Waals surface area contributed by atoms with E-state index < -0.39 is 6.23 Å². The number of fused-ring (bicyclic) bond motifs is 1. The summed E-state index contributed by atoms with van der Waals surface area (Å²) in [6.07, 6.45) is 0.803. The zero-order chi connectivity index (χ0) is 19.0. The number of nitrogen functional groups attached to an aromatic ring is 1. The van der Waals surface area contributed by atoms with Gasteiger partial charge in [0.1, 0.15) is 17.9 Å². The Morgan fingerprint density at radius 3 is 2.74 bits per heavy atom. The van der Waals surface area contributed by atoms with Crippen molar-refractivity contribution < 1.29 is 9.50 Å². The Labute approximate surface area is 157 Å². The van der Waals surface area contributed by atoms with Gasteiger partial charge in [0.05, 0.1) is 0 Å². The molecule has 1 fully saturated rings. The van der Waals surface area contributed by atoms with Crippen LogP contribution in [0.2, 0.25) is 0 Å². The van der Waals surface area contributed by atoms with Crippen molar-refractivity contribution in [2.45, 2.75) is 19.2 Å². The Hall–Kier alpha value is -2.54. The van der Waals surface area contributed by atoms with Gasteiger partial charge in [-0.25, -0.2) is 9.37 Å². The molecule has 0 radical (unpaired) electrons. The predicted octanol–water partition coefficient (Wildman–Crippen LogP) is 2.91. The number of nitrogens with zero attached hydrogens (tertiary/aromatic N) is 2. The average molecular weight is 366 g/mol. The first-order valence-electron chi connectivity index (χ1n) is 9.15. The molecule has 1 atom stereocenters. The van der Waals surface area contributed by atoms with E-state index in [1.54, 1.807) is 12.3 Å². The summed E-state index contributed by atoms with van der Waals surface area (Å²) in [5, 5.41) is 15.5. The maximum Gasteiger partial charge on any atom is 0.133 e. The third-order valence-electron chi connectivity index (χ3n) is 5.20. The van der Waals surface area contributed by atoms with E-state index in [0.29, 0.717) is 11.4 Å². The Kier molecular flexibility index (Phi) is 4.78. The van der Waals surface area contributed by atoms with Crippen LogP contribution in [0.15, 0.2) is 48.7 Å². The fourth-order valence-electron chi connectivity index (χ4n) is 3.60. The number of nitrogens with two attached hydrogens (primary N) is 1. The molecule has 0 saturated carbocycles. The first-order valence-corrected chi connectivity index (χ1v) is 9.15. The molecule has 1 aromatic heterocycles. The number of hydrogen-bond donors (Lipinski definition) is 3. The van der Waals surface area contributed by atoms with Gasteiger partial charge in [0.25, 0.3) is 0 Å². The van der Waals surface area contributed by atoms with Gasteiger partial charge in [-0.2, -0.15) is 0 Å². The van der Waals surface area contributed by atoms with Crippen molar-refractivity contribution in [3.63, 3.8) is 0 Å². The molecule has 27 heavy (non-hydrogen) atoms. The number of benzene rings is 2. The zero-order valence-electron chi connectivity index (χ0n) is 15.2. The van der Waals surface area contributed by atoms with Crippen molar-refractivity contribution in [3.05, 3.63) is 60.0 Å². The molecule has 6 heteroatoms. The number of aliphatic hydroxyl groups excluding tert-OH is 1. The van der Waals surface area contributed by atoms with Crippen LogP contribution in [-0.4, -0.2) is 40.7 Å². The van der Waals surface area contributed by atoms with Crippen LogP contribution < -0.4 is 11.1 Å². The van der Waals surface area contributed by atoms with Gasteiger partial charge in [-0.3, -0.25) is 5.32 Å². The van der Waals surface area contributed by atoms with Gasteiger partial charge < -0.3 is 15.7 Å². The summed E-state index contributed by atoms with van der Waals surface area (Å²) in [6.45, 7) is 5.00. The summed E-state index contributed by atoms with van der Waals surface area (Å²) in [5.41, 5.74) is 8.40. The molecule has 5 nitrogen and oxygen atoms in total. The Balaban J connectivity index is 1.66. The summed E-state index contributed by atoms with van der Waals surface area (Å²) in [6, 6.07) is 12.4. The molecule has 0 amide bonds. The van der Waals surface area contributed by atoms with Crippen molar-refractivity contribution in [1.29, 1.82) is 0 Å². The largest absolute Gasteiger partial charge is 0.383 e. The molecule has 1 saturated heterocycles. The molecule has 4 N–H and O–H groups in total. The highest BCUT2D eigenvalue weighted by Crippen LogP contribution is 2.31. The normalized spacial score (nSPS) is 16.4. The molecule has 4 rings (SSSR count). The number of pyridine rings is 1. The standard InChI is InChI=1S/C21H23FN4O/c1-2-26-11-16(12-26)25-21(27)19-10-24-20(23)18-9-14(6-7-17(18)19)13-4-3-5-15(22)8-13/h3-10,16,21,25,27H,2,11-12H2,1H3,(H2,23,24). The van der Waals surface area contributed by atoms with Crippen molar-refractivity contribution in [2.75, 3.05) is 25.4 Å². The molecule has 1 aliphatic heterocycles. The number of aromatic nitrogens is 1. The fourth-order valence-corrected chi connectivity index (χ4v) is 3.60. The number of likely N-dealkylation sites (N-methyl/N-ethyl adjacent to an activating group) is 1. The van der Waals surface area contributed by atoms with Gasteiger partial charge in [0, 0.05) is 36.3 Å². The SMILES string of the molecule is CCN1CC(NC(O)c2cnc(N)c3cc(-c4cccc(F)c4)ccc23)C1. The van der Waals surface area contributed by atoms with Crippen LogP contribution in [0.3, 0.4) is 0 Å². The van der Waals surface area contributed by atoms with Crippen LogP contribution in [0.25, 0.3) is 21.9 Å². The number of likely N-dealkylation sites (tertiary alicyclic amines) is 1. The molecule has 2 aromatic carbocycles. The highest BCUT2D eigenvalue weighted by Gasteiger charge is 2.27. The predicted molar refractivity (Wildman–Crippen MR) is 106 cm³/mol. The summed E-state index contributed by atoms with van der Waals surface area (Å²) in [5.74, 6) is 0.105. The molecule has 0 spiro atoms. The number of nitrogens with one attached hydrogen (secondary N) is 1. The Morgan fingerprint density at radius 1 is 1.22 bits per heavy atom. The maximum atomic E-state index is 13.5. The topological polar surface area (TPSA) is 74.4 Å². The lowest BCUT2D eigenvalue weighted by molar-refractivity contribution is 0.0600. The van der Waals surface area contributed by atoms with Crippen LogP contribution in [-0.2, 0) is 0 Å². The minimum atomic E-state index is -0.815. The van der Waals surface area contributed by atoms with Crippen LogP contribution in [0, 0.1) is 5.82 Å². The second-order valence-corrected chi connectivity index (χ2v) is 6.99. The lowest BCUT2D eigenvalue weighted by Crippen LogP contribution is -2.58. The second kappa shape index (κ2) is 7.23. The maximum absolute atomic E-state index is 13.5. The van der Waals surface area contributed by atoms with E-state index in [1.807, 2.05) is 24.3 Å². The fraction of sp³-hybridized carbons (Fsp3) is 0.286. The van der Waals surface area contributed by atoms with E-state index >= 15 is 0 Å². The van der Waals surface area contributed by atoms with Gasteiger partial charge in [-0.15, -0.1) is 0 Å².